The lowest BCUT2D eigenvalue weighted by atomic mass is 10.1. The Labute approximate surface area is 86.0 Å². The normalized spacial score (nSPS) is 9.69. The second kappa shape index (κ2) is 4.28. The van der Waals surface area contributed by atoms with Crippen LogP contribution in [0.2, 0.25) is 0 Å². The summed E-state index contributed by atoms with van der Waals surface area (Å²) in [6.07, 6.45) is 0. The molecule has 0 fully saturated rings. The Bertz CT molecular complexity index is 323. The SMILES string of the molecule is CCNc1cc(Br)ccc1C(=N)N. The molecule has 4 N–H and O–H groups in total. The first-order valence-electron chi connectivity index (χ1n) is 4.03. The fraction of sp³-hybridized carbons (Fsp3) is 0.222. The molecule has 0 aliphatic heterocycles. The van der Waals surface area contributed by atoms with Gasteiger partial charge in [-0.05, 0) is 25.1 Å². The minimum Gasteiger partial charge on any atom is -0.385 e. The Morgan fingerprint density at radius 2 is 2.31 bits per heavy atom. The van der Waals surface area contributed by atoms with E-state index >= 15 is 0 Å². The second-order valence-corrected chi connectivity index (χ2v) is 3.55. The Morgan fingerprint density at radius 3 is 2.85 bits per heavy atom. The Morgan fingerprint density at radius 1 is 1.62 bits per heavy atom. The van der Waals surface area contributed by atoms with Crippen molar-refractivity contribution in [3.63, 3.8) is 0 Å². The van der Waals surface area contributed by atoms with Crippen molar-refractivity contribution < 1.29 is 0 Å². The van der Waals surface area contributed by atoms with E-state index in [2.05, 4.69) is 21.2 Å². The summed E-state index contributed by atoms with van der Waals surface area (Å²) in [4.78, 5) is 0. The fourth-order valence-electron chi connectivity index (χ4n) is 1.09. The van der Waals surface area contributed by atoms with E-state index in [0.29, 0.717) is 0 Å². The highest BCUT2D eigenvalue weighted by atomic mass is 79.9. The number of hydrogen-bond donors (Lipinski definition) is 3. The fourth-order valence-corrected chi connectivity index (χ4v) is 1.45. The van der Waals surface area contributed by atoms with Gasteiger partial charge in [-0.1, -0.05) is 15.9 Å². The quantitative estimate of drug-likeness (QED) is 0.561. The highest BCUT2D eigenvalue weighted by Gasteiger charge is 2.04. The molecule has 1 rings (SSSR count). The topological polar surface area (TPSA) is 61.9 Å². The third kappa shape index (κ3) is 2.45. The van der Waals surface area contributed by atoms with Crippen LogP contribution in [0.4, 0.5) is 5.69 Å². The van der Waals surface area contributed by atoms with E-state index in [1.807, 2.05) is 25.1 Å². The average molecular weight is 242 g/mol. The van der Waals surface area contributed by atoms with Gasteiger partial charge in [-0.15, -0.1) is 0 Å². The minimum absolute atomic E-state index is 0.0865. The molecule has 0 spiro atoms. The van der Waals surface area contributed by atoms with Crippen molar-refractivity contribution in [2.24, 2.45) is 5.73 Å². The molecule has 0 heterocycles. The summed E-state index contributed by atoms with van der Waals surface area (Å²) in [5, 5.41) is 10.5. The van der Waals surface area contributed by atoms with E-state index in [4.69, 9.17) is 11.1 Å². The first kappa shape index (κ1) is 10.1. The second-order valence-electron chi connectivity index (χ2n) is 2.63. The Balaban J connectivity index is 3.10. The van der Waals surface area contributed by atoms with Crippen LogP contribution in [0.25, 0.3) is 0 Å². The summed E-state index contributed by atoms with van der Waals surface area (Å²) in [6, 6.07) is 5.61. The van der Waals surface area contributed by atoms with Gasteiger partial charge in [0.1, 0.15) is 5.84 Å². The van der Waals surface area contributed by atoms with Crippen molar-refractivity contribution in [1.29, 1.82) is 5.41 Å². The van der Waals surface area contributed by atoms with Gasteiger partial charge in [0.05, 0.1) is 0 Å². The Kier molecular flexibility index (Phi) is 3.31. The van der Waals surface area contributed by atoms with Crippen LogP contribution in [-0.2, 0) is 0 Å². The summed E-state index contributed by atoms with van der Waals surface area (Å²) in [5.41, 5.74) is 7.06. The lowest BCUT2D eigenvalue weighted by Crippen LogP contribution is -2.14. The van der Waals surface area contributed by atoms with E-state index in [1.165, 1.54) is 0 Å². The minimum atomic E-state index is 0.0865. The highest BCUT2D eigenvalue weighted by Crippen LogP contribution is 2.20. The maximum atomic E-state index is 7.35. The first-order chi connectivity index (χ1) is 6.15. The molecule has 0 bridgehead atoms. The van der Waals surface area contributed by atoms with Crippen LogP contribution >= 0.6 is 15.9 Å². The molecule has 0 saturated carbocycles. The van der Waals surface area contributed by atoms with Crippen LogP contribution < -0.4 is 11.1 Å². The van der Waals surface area contributed by atoms with E-state index in [0.717, 1.165) is 22.3 Å². The van der Waals surface area contributed by atoms with Crippen LogP contribution in [-0.4, -0.2) is 12.4 Å². The number of rotatable bonds is 3. The summed E-state index contributed by atoms with van der Waals surface area (Å²) in [7, 11) is 0. The lowest BCUT2D eigenvalue weighted by Gasteiger charge is -2.09. The molecule has 1 aromatic rings. The first-order valence-corrected chi connectivity index (χ1v) is 4.82. The summed E-state index contributed by atoms with van der Waals surface area (Å²) >= 11 is 3.36. The molecule has 0 aromatic heterocycles. The molecule has 0 aliphatic carbocycles. The molecular weight excluding hydrogens is 230 g/mol. The zero-order valence-corrected chi connectivity index (χ0v) is 8.98. The van der Waals surface area contributed by atoms with Gasteiger partial charge in [0, 0.05) is 22.3 Å². The van der Waals surface area contributed by atoms with Crippen molar-refractivity contribution in [2.75, 3.05) is 11.9 Å². The lowest BCUT2D eigenvalue weighted by molar-refractivity contribution is 1.21. The molecule has 13 heavy (non-hydrogen) atoms. The van der Waals surface area contributed by atoms with Crippen LogP contribution in [0.15, 0.2) is 22.7 Å². The molecule has 0 unspecified atom stereocenters. The predicted octanol–water partition coefficient (Wildman–Crippen LogP) is 2.16. The van der Waals surface area contributed by atoms with Crippen molar-refractivity contribution in [3.8, 4) is 0 Å². The summed E-state index contributed by atoms with van der Waals surface area (Å²) < 4.78 is 0.980. The van der Waals surface area contributed by atoms with E-state index in [1.54, 1.807) is 0 Å². The van der Waals surface area contributed by atoms with Gasteiger partial charge in [-0.2, -0.15) is 0 Å². The van der Waals surface area contributed by atoms with Crippen molar-refractivity contribution in [2.45, 2.75) is 6.92 Å². The molecule has 4 heteroatoms. The van der Waals surface area contributed by atoms with E-state index in [-0.39, 0.29) is 5.84 Å². The van der Waals surface area contributed by atoms with Gasteiger partial charge in [0.15, 0.2) is 0 Å². The van der Waals surface area contributed by atoms with Crippen molar-refractivity contribution in [1.82, 2.24) is 0 Å². The van der Waals surface area contributed by atoms with Gasteiger partial charge in [-0.25, -0.2) is 0 Å². The van der Waals surface area contributed by atoms with Crippen LogP contribution in [0, 0.1) is 5.41 Å². The number of anilines is 1. The molecule has 0 radical (unpaired) electrons. The summed E-state index contributed by atoms with van der Waals surface area (Å²) in [6.45, 7) is 2.82. The van der Waals surface area contributed by atoms with E-state index in [9.17, 15) is 0 Å². The van der Waals surface area contributed by atoms with E-state index < -0.39 is 0 Å². The molecule has 1 aromatic carbocycles. The van der Waals surface area contributed by atoms with Gasteiger partial charge in [0.2, 0.25) is 0 Å². The molecule has 0 amide bonds. The molecule has 0 saturated heterocycles. The molecule has 70 valence electrons. The van der Waals surface area contributed by atoms with Crippen molar-refractivity contribution in [3.05, 3.63) is 28.2 Å². The van der Waals surface area contributed by atoms with Gasteiger partial charge in [0.25, 0.3) is 0 Å². The number of amidine groups is 1. The number of hydrogen-bond acceptors (Lipinski definition) is 2. The number of nitrogens with two attached hydrogens (primary N) is 1. The summed E-state index contributed by atoms with van der Waals surface area (Å²) in [5.74, 6) is 0.0865. The Hall–Kier alpha value is -1.03. The highest BCUT2D eigenvalue weighted by molar-refractivity contribution is 9.10. The molecule has 0 aliphatic rings. The van der Waals surface area contributed by atoms with Crippen LogP contribution in [0.1, 0.15) is 12.5 Å². The number of nitrogen functional groups attached to an aromatic ring is 1. The molecular formula is C9H12BrN3. The van der Waals surface area contributed by atoms with Gasteiger partial charge in [-0.3, -0.25) is 5.41 Å². The number of halogens is 1. The third-order valence-corrected chi connectivity index (χ3v) is 2.13. The predicted molar refractivity (Wildman–Crippen MR) is 59.3 cm³/mol. The number of benzene rings is 1. The maximum absolute atomic E-state index is 7.35. The smallest absolute Gasteiger partial charge is 0.124 e. The van der Waals surface area contributed by atoms with Crippen LogP contribution in [0.3, 0.4) is 0 Å². The maximum Gasteiger partial charge on any atom is 0.124 e. The van der Waals surface area contributed by atoms with Gasteiger partial charge < -0.3 is 11.1 Å². The zero-order valence-electron chi connectivity index (χ0n) is 7.39. The monoisotopic (exact) mass is 241 g/mol. The molecule has 0 atom stereocenters. The standard InChI is InChI=1S/C9H12BrN3/c1-2-13-8-5-6(10)3-4-7(8)9(11)12/h3-5,13H,2H2,1H3,(H3,11,12). The largest absolute Gasteiger partial charge is 0.385 e. The third-order valence-electron chi connectivity index (χ3n) is 1.64. The average Bonchev–Trinajstić information content (AvgIpc) is 2.04. The van der Waals surface area contributed by atoms with Crippen molar-refractivity contribution >= 4 is 27.5 Å². The number of nitrogens with one attached hydrogen (secondary N) is 2. The van der Waals surface area contributed by atoms with Crippen LogP contribution in [0.5, 0.6) is 0 Å². The van der Waals surface area contributed by atoms with Gasteiger partial charge >= 0.3 is 0 Å². The molecule has 3 nitrogen and oxygen atoms in total. The zero-order chi connectivity index (χ0) is 9.84.